The molecule has 6 heteroatoms. The van der Waals surface area contributed by atoms with Crippen LogP contribution in [0.3, 0.4) is 0 Å². The normalized spacial score (nSPS) is 11.4. The van der Waals surface area contributed by atoms with Crippen LogP contribution < -0.4 is 16.1 Å². The predicted octanol–water partition coefficient (Wildman–Crippen LogP) is 2.97. The number of rotatable bonds is 8. The van der Waals surface area contributed by atoms with Gasteiger partial charge in [-0.3, -0.25) is 14.6 Å². The van der Waals surface area contributed by atoms with Gasteiger partial charge in [-0.05, 0) is 36.2 Å². The van der Waals surface area contributed by atoms with Crippen molar-refractivity contribution in [1.29, 1.82) is 0 Å². The fourth-order valence-corrected chi connectivity index (χ4v) is 5.97. The van der Waals surface area contributed by atoms with E-state index in [-0.39, 0.29) is 6.54 Å². The molecule has 0 radical (unpaired) electrons. The van der Waals surface area contributed by atoms with Crippen LogP contribution >= 0.6 is 7.29 Å². The smallest absolute Gasteiger partial charge is 0.257 e. The number of nitrogens with zero attached hydrogens (tertiary/aromatic N) is 1. The van der Waals surface area contributed by atoms with Crippen molar-refractivity contribution in [2.75, 3.05) is 13.1 Å². The minimum atomic E-state index is -3.28. The summed E-state index contributed by atoms with van der Waals surface area (Å²) >= 11 is 0. The Morgan fingerprint density at radius 2 is 1.29 bits per heavy atom. The summed E-state index contributed by atoms with van der Waals surface area (Å²) in [6.45, 7) is 0.225. The summed E-state index contributed by atoms with van der Waals surface area (Å²) < 4.78 is 16.1. The van der Waals surface area contributed by atoms with Gasteiger partial charge in [-0.15, -0.1) is 0 Å². The Labute approximate surface area is 165 Å². The topological polar surface area (TPSA) is 69.6 Å². The molecule has 1 amide bonds. The van der Waals surface area contributed by atoms with Crippen LogP contribution in [0.25, 0.3) is 0 Å². The maximum Gasteiger partial charge on any atom is 0.257 e. The number of carbonyl (C=O) groups excluding carboxylic acids is 1. The number of benzene rings is 3. The van der Waals surface area contributed by atoms with Crippen LogP contribution in [0.15, 0.2) is 91.0 Å². The second-order valence-corrected chi connectivity index (χ2v) is 9.16. The molecule has 0 heterocycles. The van der Waals surface area contributed by atoms with Gasteiger partial charge in [0, 0.05) is 17.2 Å². The van der Waals surface area contributed by atoms with E-state index in [1.807, 2.05) is 91.0 Å². The van der Waals surface area contributed by atoms with Crippen LogP contribution in [0.2, 0.25) is 0 Å². The standard InChI is InChI=1S/C22H23N2O3P/c25-22(23-26)18-24(17-16-19-10-4-1-5-11-19)28(27,20-12-6-2-7-13-20)21-14-8-3-9-15-21/h1-15,26H,16-18H2,(H,23,25). The Hall–Kier alpha value is -2.72. The SMILES string of the molecule is O=C(CN(CCc1ccccc1)P(=O)(c1ccccc1)c1ccccc1)NO. The fourth-order valence-electron chi connectivity index (χ4n) is 3.16. The van der Waals surface area contributed by atoms with Gasteiger partial charge in [0.2, 0.25) is 7.29 Å². The van der Waals surface area contributed by atoms with Crippen molar-refractivity contribution < 1.29 is 14.6 Å². The largest absolute Gasteiger partial charge is 0.296 e. The molecule has 0 atom stereocenters. The monoisotopic (exact) mass is 394 g/mol. The maximum atomic E-state index is 14.5. The van der Waals surface area contributed by atoms with Crippen molar-refractivity contribution in [1.82, 2.24) is 10.2 Å². The zero-order valence-electron chi connectivity index (χ0n) is 15.4. The number of hydroxylamine groups is 1. The van der Waals surface area contributed by atoms with E-state index in [1.165, 1.54) is 0 Å². The van der Waals surface area contributed by atoms with Gasteiger partial charge >= 0.3 is 0 Å². The van der Waals surface area contributed by atoms with Crippen molar-refractivity contribution in [2.45, 2.75) is 6.42 Å². The molecule has 0 fully saturated rings. The third-order valence-corrected chi connectivity index (χ3v) is 7.70. The molecular formula is C22H23N2O3P. The van der Waals surface area contributed by atoms with Gasteiger partial charge in [-0.2, -0.15) is 0 Å². The van der Waals surface area contributed by atoms with Crippen LogP contribution in [0.5, 0.6) is 0 Å². The Bertz CT molecular complexity index is 890. The molecule has 3 aromatic carbocycles. The van der Waals surface area contributed by atoms with Gasteiger partial charge in [0.15, 0.2) is 0 Å². The Balaban J connectivity index is 2.03. The number of hydrogen-bond acceptors (Lipinski definition) is 3. The number of nitrogens with one attached hydrogen (secondary N) is 1. The van der Waals surface area contributed by atoms with E-state index in [1.54, 1.807) is 10.2 Å². The maximum absolute atomic E-state index is 14.5. The Morgan fingerprint density at radius 1 is 0.821 bits per heavy atom. The molecule has 0 spiro atoms. The molecule has 0 saturated heterocycles. The molecule has 5 nitrogen and oxygen atoms in total. The molecule has 2 N–H and O–H groups in total. The highest BCUT2D eigenvalue weighted by atomic mass is 31.2. The highest BCUT2D eigenvalue weighted by Crippen LogP contribution is 2.47. The number of hydrogen-bond donors (Lipinski definition) is 2. The van der Waals surface area contributed by atoms with Crippen LogP contribution in [0.1, 0.15) is 5.56 Å². The van der Waals surface area contributed by atoms with Gasteiger partial charge in [0.25, 0.3) is 5.91 Å². The van der Waals surface area contributed by atoms with Crippen molar-refractivity contribution in [2.24, 2.45) is 0 Å². The number of amides is 1. The van der Waals surface area contributed by atoms with Crippen LogP contribution in [-0.4, -0.2) is 28.9 Å². The third-order valence-electron chi connectivity index (χ3n) is 4.56. The lowest BCUT2D eigenvalue weighted by Crippen LogP contribution is -2.40. The second kappa shape index (κ2) is 9.47. The third kappa shape index (κ3) is 4.57. The van der Waals surface area contributed by atoms with Gasteiger partial charge in [-0.25, -0.2) is 10.2 Å². The van der Waals surface area contributed by atoms with E-state index in [0.29, 0.717) is 23.6 Å². The molecule has 0 saturated carbocycles. The second-order valence-electron chi connectivity index (χ2n) is 6.41. The quantitative estimate of drug-likeness (QED) is 0.350. The van der Waals surface area contributed by atoms with E-state index in [9.17, 15) is 9.36 Å². The summed E-state index contributed by atoms with van der Waals surface area (Å²) in [6, 6.07) is 28.2. The van der Waals surface area contributed by atoms with E-state index in [0.717, 1.165) is 5.56 Å². The molecule has 3 rings (SSSR count). The van der Waals surface area contributed by atoms with Crippen molar-refractivity contribution in [3.05, 3.63) is 96.6 Å². The molecule has 0 aliphatic rings. The lowest BCUT2D eigenvalue weighted by Gasteiger charge is -2.32. The van der Waals surface area contributed by atoms with Gasteiger partial charge in [0.1, 0.15) is 0 Å². The van der Waals surface area contributed by atoms with E-state index >= 15 is 0 Å². The summed E-state index contributed by atoms with van der Waals surface area (Å²) in [5, 5.41) is 10.4. The summed E-state index contributed by atoms with van der Waals surface area (Å²) in [7, 11) is -3.28. The molecular weight excluding hydrogens is 371 g/mol. The Kier molecular flexibility index (Phi) is 6.77. The average molecular weight is 394 g/mol. The average Bonchev–Trinajstić information content (AvgIpc) is 2.77. The molecule has 0 unspecified atom stereocenters. The molecule has 0 aliphatic heterocycles. The molecule has 144 valence electrons. The highest BCUT2D eigenvalue weighted by molar-refractivity contribution is 7.76. The first kappa shape index (κ1) is 20.0. The van der Waals surface area contributed by atoms with E-state index in [2.05, 4.69) is 0 Å². The summed E-state index contributed by atoms with van der Waals surface area (Å²) in [4.78, 5) is 12.0. The molecule has 0 bridgehead atoms. The molecule has 28 heavy (non-hydrogen) atoms. The minimum absolute atomic E-state index is 0.176. The molecule has 0 aliphatic carbocycles. The van der Waals surface area contributed by atoms with Gasteiger partial charge in [-0.1, -0.05) is 66.7 Å². The molecule has 3 aromatic rings. The summed E-state index contributed by atoms with van der Waals surface area (Å²) in [5.74, 6) is -0.597. The number of carbonyl (C=O) groups is 1. The molecule has 0 aromatic heterocycles. The lowest BCUT2D eigenvalue weighted by atomic mass is 10.1. The summed E-state index contributed by atoms with van der Waals surface area (Å²) in [6.07, 6.45) is 0.628. The van der Waals surface area contributed by atoms with E-state index < -0.39 is 13.2 Å². The zero-order valence-corrected chi connectivity index (χ0v) is 16.3. The minimum Gasteiger partial charge on any atom is -0.296 e. The van der Waals surface area contributed by atoms with Gasteiger partial charge < -0.3 is 0 Å². The fraction of sp³-hybridized carbons (Fsp3) is 0.136. The van der Waals surface area contributed by atoms with Crippen LogP contribution in [0.4, 0.5) is 0 Å². The lowest BCUT2D eigenvalue weighted by molar-refractivity contribution is -0.129. The van der Waals surface area contributed by atoms with Crippen molar-refractivity contribution >= 4 is 23.8 Å². The first-order valence-corrected chi connectivity index (χ1v) is 10.7. The van der Waals surface area contributed by atoms with Crippen molar-refractivity contribution in [3.8, 4) is 0 Å². The van der Waals surface area contributed by atoms with Gasteiger partial charge in [0.05, 0.1) is 6.54 Å². The van der Waals surface area contributed by atoms with Crippen LogP contribution in [-0.2, 0) is 15.8 Å². The van der Waals surface area contributed by atoms with E-state index in [4.69, 9.17) is 5.21 Å². The zero-order chi connectivity index (χ0) is 19.8. The Morgan fingerprint density at radius 3 is 1.75 bits per heavy atom. The first-order valence-electron chi connectivity index (χ1n) is 9.08. The predicted molar refractivity (Wildman–Crippen MR) is 111 cm³/mol. The van der Waals surface area contributed by atoms with Crippen molar-refractivity contribution in [3.63, 3.8) is 0 Å². The summed E-state index contributed by atoms with van der Waals surface area (Å²) in [5.41, 5.74) is 2.75. The first-order chi connectivity index (χ1) is 13.6. The van der Waals surface area contributed by atoms with Crippen LogP contribution in [0, 0.1) is 0 Å². The highest BCUT2D eigenvalue weighted by Gasteiger charge is 2.35.